The summed E-state index contributed by atoms with van der Waals surface area (Å²) in [5.74, 6) is 0.325. The van der Waals surface area contributed by atoms with E-state index in [1.54, 1.807) is 24.0 Å². The van der Waals surface area contributed by atoms with Crippen LogP contribution in [-0.2, 0) is 9.53 Å². The number of amides is 1. The van der Waals surface area contributed by atoms with Crippen LogP contribution in [0.5, 0.6) is 0 Å². The molecule has 0 saturated heterocycles. The summed E-state index contributed by atoms with van der Waals surface area (Å²) in [6.07, 6.45) is 0. The normalized spacial score (nSPS) is 10.7. The highest BCUT2D eigenvalue weighted by Crippen LogP contribution is 2.30. The highest BCUT2D eigenvalue weighted by Gasteiger charge is 2.13. The maximum absolute atomic E-state index is 11.7. The second-order valence-corrected chi connectivity index (χ2v) is 5.66. The van der Waals surface area contributed by atoms with Crippen molar-refractivity contribution in [2.75, 3.05) is 18.6 Å². The van der Waals surface area contributed by atoms with Crippen molar-refractivity contribution in [1.82, 2.24) is 0 Å². The first kappa shape index (κ1) is 16.8. The van der Waals surface area contributed by atoms with Crippen molar-refractivity contribution in [2.45, 2.75) is 13.8 Å². The lowest BCUT2D eigenvalue weighted by molar-refractivity contribution is -0.116. The summed E-state index contributed by atoms with van der Waals surface area (Å²) in [4.78, 5) is 24.9. The van der Waals surface area contributed by atoms with Crippen LogP contribution in [0.25, 0.3) is 22.3 Å². The second-order valence-electron chi connectivity index (χ2n) is 5.66. The van der Waals surface area contributed by atoms with Gasteiger partial charge >= 0.3 is 5.97 Å². The molecule has 3 aromatic rings. The first-order valence-electron chi connectivity index (χ1n) is 8.04. The van der Waals surface area contributed by atoms with E-state index in [2.05, 4.69) is 0 Å². The van der Waals surface area contributed by atoms with Crippen molar-refractivity contribution in [1.29, 1.82) is 0 Å². The number of carbonyl (C=O) groups is 2. The molecule has 0 saturated carbocycles. The molecule has 0 atom stereocenters. The fourth-order valence-corrected chi connectivity index (χ4v) is 2.81. The average Bonchev–Trinajstić information content (AvgIpc) is 3.05. The predicted octanol–water partition coefficient (Wildman–Crippen LogP) is 4.26. The lowest BCUT2D eigenvalue weighted by atomic mass is 10.1. The molecule has 0 aliphatic rings. The van der Waals surface area contributed by atoms with Crippen LogP contribution in [-0.4, -0.2) is 25.5 Å². The van der Waals surface area contributed by atoms with Gasteiger partial charge in [-0.25, -0.2) is 4.79 Å². The molecule has 2 aromatic carbocycles. The third kappa shape index (κ3) is 3.26. The SMILES string of the molecule is CCN(C(C)=O)c1ccc2cc(-c3ccc(C(=O)OC)cc3)oc2c1. The molecule has 0 unspecified atom stereocenters. The van der Waals surface area contributed by atoms with Gasteiger partial charge < -0.3 is 14.1 Å². The van der Waals surface area contributed by atoms with Gasteiger partial charge in [0.05, 0.1) is 12.7 Å². The van der Waals surface area contributed by atoms with Crippen molar-refractivity contribution in [2.24, 2.45) is 0 Å². The molecular weight excluding hydrogens is 318 g/mol. The number of carbonyl (C=O) groups excluding carboxylic acids is 2. The summed E-state index contributed by atoms with van der Waals surface area (Å²) in [5.41, 5.74) is 2.88. The summed E-state index contributed by atoms with van der Waals surface area (Å²) in [6, 6.07) is 14.7. The number of esters is 1. The Balaban J connectivity index is 1.96. The smallest absolute Gasteiger partial charge is 0.337 e. The van der Waals surface area contributed by atoms with E-state index in [-0.39, 0.29) is 11.9 Å². The molecule has 25 heavy (non-hydrogen) atoms. The molecule has 1 heterocycles. The number of ether oxygens (including phenoxy) is 1. The summed E-state index contributed by atoms with van der Waals surface area (Å²) in [7, 11) is 1.35. The number of hydrogen-bond acceptors (Lipinski definition) is 4. The maximum Gasteiger partial charge on any atom is 0.337 e. The Labute approximate surface area is 145 Å². The Morgan fingerprint density at radius 1 is 1.08 bits per heavy atom. The molecule has 5 heteroatoms. The summed E-state index contributed by atoms with van der Waals surface area (Å²) in [5, 5.41) is 0.954. The van der Waals surface area contributed by atoms with Crippen LogP contribution in [0.3, 0.4) is 0 Å². The zero-order valence-corrected chi connectivity index (χ0v) is 14.4. The van der Waals surface area contributed by atoms with Gasteiger partial charge in [-0.05, 0) is 37.3 Å². The van der Waals surface area contributed by atoms with Gasteiger partial charge in [0.1, 0.15) is 11.3 Å². The molecule has 0 fully saturated rings. The van der Waals surface area contributed by atoms with E-state index in [4.69, 9.17) is 9.15 Å². The van der Waals surface area contributed by atoms with E-state index in [1.165, 1.54) is 7.11 Å². The molecular formula is C20H19NO4. The van der Waals surface area contributed by atoms with E-state index in [0.29, 0.717) is 23.5 Å². The third-order valence-electron chi connectivity index (χ3n) is 4.10. The minimum atomic E-state index is -0.371. The molecule has 128 valence electrons. The van der Waals surface area contributed by atoms with E-state index >= 15 is 0 Å². The first-order valence-corrected chi connectivity index (χ1v) is 8.04. The predicted molar refractivity (Wildman–Crippen MR) is 96.7 cm³/mol. The molecule has 0 spiro atoms. The molecule has 1 aromatic heterocycles. The standard InChI is InChI=1S/C20H19NO4/c1-4-21(13(2)22)17-10-9-16-11-18(25-19(16)12-17)14-5-7-15(8-6-14)20(23)24-3/h5-12H,4H2,1-3H3. The molecule has 0 aliphatic heterocycles. The van der Waals surface area contributed by atoms with Crippen molar-refractivity contribution >= 4 is 28.5 Å². The molecule has 0 bridgehead atoms. The van der Waals surface area contributed by atoms with Crippen LogP contribution >= 0.6 is 0 Å². The van der Waals surface area contributed by atoms with Gasteiger partial charge in [0.15, 0.2) is 0 Å². The van der Waals surface area contributed by atoms with Crippen molar-refractivity contribution in [3.8, 4) is 11.3 Å². The van der Waals surface area contributed by atoms with E-state index in [9.17, 15) is 9.59 Å². The number of fused-ring (bicyclic) bond motifs is 1. The minimum Gasteiger partial charge on any atom is -0.465 e. The van der Waals surface area contributed by atoms with E-state index in [0.717, 1.165) is 16.6 Å². The number of hydrogen-bond donors (Lipinski definition) is 0. The molecule has 0 aliphatic carbocycles. The average molecular weight is 337 g/mol. The topological polar surface area (TPSA) is 59.8 Å². The van der Waals surface area contributed by atoms with Gasteiger partial charge in [-0.2, -0.15) is 0 Å². The van der Waals surface area contributed by atoms with Crippen LogP contribution in [0.15, 0.2) is 52.9 Å². The molecule has 1 amide bonds. The Kier molecular flexibility index (Phi) is 4.57. The highest BCUT2D eigenvalue weighted by molar-refractivity contribution is 5.95. The van der Waals surface area contributed by atoms with Gasteiger partial charge in [0.2, 0.25) is 5.91 Å². The van der Waals surface area contributed by atoms with Gasteiger partial charge in [-0.1, -0.05) is 12.1 Å². The summed E-state index contributed by atoms with van der Waals surface area (Å²) >= 11 is 0. The second kappa shape index (κ2) is 6.81. The minimum absolute atomic E-state index is 0.00738. The van der Waals surface area contributed by atoms with Crippen LogP contribution < -0.4 is 4.90 Å². The van der Waals surface area contributed by atoms with E-state index < -0.39 is 0 Å². The quantitative estimate of drug-likeness (QED) is 0.668. The number of rotatable bonds is 4. The Morgan fingerprint density at radius 3 is 2.40 bits per heavy atom. The Hall–Kier alpha value is -3.08. The van der Waals surface area contributed by atoms with Crippen molar-refractivity contribution < 1.29 is 18.7 Å². The first-order chi connectivity index (χ1) is 12.0. The fourth-order valence-electron chi connectivity index (χ4n) is 2.81. The van der Waals surface area contributed by atoms with Crippen LogP contribution in [0.1, 0.15) is 24.2 Å². The number of benzene rings is 2. The van der Waals surface area contributed by atoms with Crippen LogP contribution in [0.4, 0.5) is 5.69 Å². The zero-order valence-electron chi connectivity index (χ0n) is 14.4. The van der Waals surface area contributed by atoms with Gasteiger partial charge in [-0.3, -0.25) is 4.79 Å². The largest absolute Gasteiger partial charge is 0.465 e. The number of methoxy groups -OCH3 is 1. The summed E-state index contributed by atoms with van der Waals surface area (Å²) < 4.78 is 10.6. The Bertz CT molecular complexity index is 925. The molecule has 5 nitrogen and oxygen atoms in total. The van der Waals surface area contributed by atoms with Crippen LogP contribution in [0, 0.1) is 0 Å². The van der Waals surface area contributed by atoms with Gasteiger partial charge in [-0.15, -0.1) is 0 Å². The third-order valence-corrected chi connectivity index (χ3v) is 4.10. The number of furan rings is 1. The monoisotopic (exact) mass is 337 g/mol. The van der Waals surface area contributed by atoms with Crippen LogP contribution in [0.2, 0.25) is 0 Å². The molecule has 3 rings (SSSR count). The zero-order chi connectivity index (χ0) is 18.0. The van der Waals surface area contributed by atoms with Gasteiger partial charge in [0.25, 0.3) is 0 Å². The fraction of sp³-hybridized carbons (Fsp3) is 0.200. The number of anilines is 1. The molecule has 0 N–H and O–H groups in total. The molecule has 0 radical (unpaired) electrons. The van der Waals surface area contributed by atoms with Crippen molar-refractivity contribution in [3.63, 3.8) is 0 Å². The highest BCUT2D eigenvalue weighted by atomic mass is 16.5. The lowest BCUT2D eigenvalue weighted by Gasteiger charge is -2.18. The summed E-state index contributed by atoms with van der Waals surface area (Å²) in [6.45, 7) is 4.08. The lowest BCUT2D eigenvalue weighted by Crippen LogP contribution is -2.27. The van der Waals surface area contributed by atoms with Crippen molar-refractivity contribution in [3.05, 3.63) is 54.1 Å². The van der Waals surface area contributed by atoms with E-state index in [1.807, 2.05) is 43.3 Å². The van der Waals surface area contributed by atoms with Gasteiger partial charge in [0, 0.05) is 36.2 Å². The maximum atomic E-state index is 11.7. The number of nitrogens with zero attached hydrogens (tertiary/aromatic N) is 1. The Morgan fingerprint density at radius 2 is 1.80 bits per heavy atom.